The number of hydrogen-bond acceptors (Lipinski definition) is 3. The molecule has 0 heterocycles. The zero-order valence-corrected chi connectivity index (χ0v) is 18.3. The molecule has 0 amide bonds. The molecule has 0 unspecified atom stereocenters. The van der Waals surface area contributed by atoms with Gasteiger partial charge in [-0.1, -0.05) is 63.6 Å². The lowest BCUT2D eigenvalue weighted by atomic mass is 10.1. The predicted molar refractivity (Wildman–Crippen MR) is 118 cm³/mol. The molecule has 2 aromatic rings. The molecule has 0 aliphatic heterocycles. The van der Waals surface area contributed by atoms with Crippen LogP contribution in [0.15, 0.2) is 42.5 Å². The van der Waals surface area contributed by atoms with Gasteiger partial charge in [0.25, 0.3) is 0 Å². The Bertz CT molecular complexity index is 692. The minimum absolute atomic E-state index is 0.633. The van der Waals surface area contributed by atoms with E-state index < -0.39 is 0 Å². The second kappa shape index (κ2) is 11.8. The summed E-state index contributed by atoms with van der Waals surface area (Å²) >= 11 is 0. The predicted octanol–water partition coefficient (Wildman–Crippen LogP) is 6.13. The van der Waals surface area contributed by atoms with Gasteiger partial charge in [-0.2, -0.15) is 0 Å². The van der Waals surface area contributed by atoms with Crippen molar-refractivity contribution in [2.75, 3.05) is 13.2 Å². The van der Waals surface area contributed by atoms with Gasteiger partial charge >= 0.3 is 0 Å². The van der Waals surface area contributed by atoms with Crippen LogP contribution in [0, 0.1) is 18.8 Å². The second-order valence-corrected chi connectivity index (χ2v) is 8.42. The molecule has 0 aliphatic carbocycles. The highest BCUT2D eigenvalue weighted by atomic mass is 16.5. The Kier molecular flexibility index (Phi) is 9.36. The van der Waals surface area contributed by atoms with E-state index in [1.165, 1.54) is 16.7 Å². The highest BCUT2D eigenvalue weighted by molar-refractivity contribution is 5.41. The van der Waals surface area contributed by atoms with E-state index in [0.29, 0.717) is 11.8 Å². The Labute approximate surface area is 171 Å². The molecule has 0 aromatic heterocycles. The van der Waals surface area contributed by atoms with Crippen molar-refractivity contribution in [3.8, 4) is 11.5 Å². The average Bonchev–Trinajstić information content (AvgIpc) is 2.64. The summed E-state index contributed by atoms with van der Waals surface area (Å²) in [6.45, 7) is 14.1. The zero-order valence-electron chi connectivity index (χ0n) is 18.3. The van der Waals surface area contributed by atoms with E-state index in [1.54, 1.807) is 0 Å². The average molecular weight is 384 g/mol. The van der Waals surface area contributed by atoms with Gasteiger partial charge in [0.05, 0.1) is 13.2 Å². The van der Waals surface area contributed by atoms with Crippen LogP contribution in [0.1, 0.15) is 57.2 Å². The van der Waals surface area contributed by atoms with Gasteiger partial charge in [-0.3, -0.25) is 0 Å². The van der Waals surface area contributed by atoms with Gasteiger partial charge in [-0.25, -0.2) is 0 Å². The Morgan fingerprint density at radius 1 is 0.786 bits per heavy atom. The SMILES string of the molecule is Cc1ccc(CNCc2ccc(OCCC(C)C)cc2OCCC(C)C)cc1. The third kappa shape index (κ3) is 8.35. The highest BCUT2D eigenvalue weighted by Gasteiger charge is 2.08. The standard InChI is InChI=1S/C25H37NO2/c1-19(2)12-14-27-24-11-10-23(25(16-24)28-15-13-20(3)4)18-26-17-22-8-6-21(5)7-9-22/h6-11,16,19-20,26H,12-15,17-18H2,1-5H3. The molecular formula is C25H37NO2. The molecule has 154 valence electrons. The van der Waals surface area contributed by atoms with Crippen LogP contribution in [-0.2, 0) is 13.1 Å². The van der Waals surface area contributed by atoms with Crippen molar-refractivity contribution in [1.29, 1.82) is 0 Å². The van der Waals surface area contributed by atoms with Crippen molar-refractivity contribution < 1.29 is 9.47 Å². The molecule has 0 bridgehead atoms. The van der Waals surface area contributed by atoms with Crippen LogP contribution in [-0.4, -0.2) is 13.2 Å². The smallest absolute Gasteiger partial charge is 0.127 e. The maximum atomic E-state index is 6.11. The first-order valence-electron chi connectivity index (χ1n) is 10.6. The quantitative estimate of drug-likeness (QED) is 0.478. The summed E-state index contributed by atoms with van der Waals surface area (Å²) in [6, 6.07) is 14.9. The fraction of sp³-hybridized carbons (Fsp3) is 0.520. The first kappa shape index (κ1) is 22.3. The van der Waals surface area contributed by atoms with Crippen molar-refractivity contribution in [3.05, 3.63) is 59.2 Å². The van der Waals surface area contributed by atoms with Crippen LogP contribution >= 0.6 is 0 Å². The molecule has 0 fully saturated rings. The van der Waals surface area contributed by atoms with Crippen LogP contribution in [0.2, 0.25) is 0 Å². The van der Waals surface area contributed by atoms with Gasteiger partial charge in [0.15, 0.2) is 0 Å². The molecular weight excluding hydrogens is 346 g/mol. The molecule has 2 rings (SSSR count). The zero-order chi connectivity index (χ0) is 20.4. The summed E-state index contributed by atoms with van der Waals surface area (Å²) in [4.78, 5) is 0. The molecule has 0 aliphatic rings. The summed E-state index contributed by atoms with van der Waals surface area (Å²) in [5.41, 5.74) is 3.76. The lowest BCUT2D eigenvalue weighted by molar-refractivity contribution is 0.274. The van der Waals surface area contributed by atoms with Crippen molar-refractivity contribution >= 4 is 0 Å². The maximum absolute atomic E-state index is 6.11. The minimum atomic E-state index is 0.633. The van der Waals surface area contributed by atoms with E-state index >= 15 is 0 Å². The van der Waals surface area contributed by atoms with Gasteiger partial charge in [0.1, 0.15) is 11.5 Å². The Balaban J connectivity index is 1.97. The summed E-state index contributed by atoms with van der Waals surface area (Å²) in [6.07, 6.45) is 2.11. The molecule has 0 saturated carbocycles. The van der Waals surface area contributed by atoms with E-state index in [9.17, 15) is 0 Å². The van der Waals surface area contributed by atoms with Crippen LogP contribution in [0.4, 0.5) is 0 Å². The first-order valence-corrected chi connectivity index (χ1v) is 10.6. The van der Waals surface area contributed by atoms with Crippen molar-refractivity contribution in [1.82, 2.24) is 5.32 Å². The van der Waals surface area contributed by atoms with Gasteiger partial charge in [0.2, 0.25) is 0 Å². The highest BCUT2D eigenvalue weighted by Crippen LogP contribution is 2.26. The van der Waals surface area contributed by atoms with Crippen LogP contribution < -0.4 is 14.8 Å². The Hall–Kier alpha value is -2.00. The number of rotatable bonds is 12. The third-order valence-electron chi connectivity index (χ3n) is 4.72. The van der Waals surface area contributed by atoms with Gasteiger partial charge in [-0.15, -0.1) is 0 Å². The number of ether oxygens (including phenoxy) is 2. The maximum Gasteiger partial charge on any atom is 0.127 e. The fourth-order valence-corrected chi connectivity index (χ4v) is 2.77. The molecule has 0 spiro atoms. The van der Waals surface area contributed by atoms with E-state index in [1.807, 2.05) is 6.07 Å². The van der Waals surface area contributed by atoms with Gasteiger partial charge < -0.3 is 14.8 Å². The molecule has 2 aromatic carbocycles. The molecule has 0 atom stereocenters. The lowest BCUT2D eigenvalue weighted by Gasteiger charge is -2.16. The normalized spacial score (nSPS) is 11.2. The summed E-state index contributed by atoms with van der Waals surface area (Å²) < 4.78 is 12.0. The monoisotopic (exact) mass is 383 g/mol. The van der Waals surface area contributed by atoms with Gasteiger partial charge in [-0.05, 0) is 43.2 Å². The van der Waals surface area contributed by atoms with Crippen molar-refractivity contribution in [3.63, 3.8) is 0 Å². The first-order chi connectivity index (χ1) is 13.4. The number of hydrogen-bond donors (Lipinski definition) is 1. The molecule has 28 heavy (non-hydrogen) atoms. The van der Waals surface area contributed by atoms with E-state index in [4.69, 9.17) is 9.47 Å². The molecule has 3 nitrogen and oxygen atoms in total. The van der Waals surface area contributed by atoms with Crippen molar-refractivity contribution in [2.24, 2.45) is 11.8 Å². The van der Waals surface area contributed by atoms with E-state index in [2.05, 4.69) is 76.3 Å². The van der Waals surface area contributed by atoms with Crippen LogP contribution in [0.3, 0.4) is 0 Å². The molecule has 0 radical (unpaired) electrons. The van der Waals surface area contributed by atoms with Crippen LogP contribution in [0.5, 0.6) is 11.5 Å². The second-order valence-electron chi connectivity index (χ2n) is 8.42. The molecule has 0 saturated heterocycles. The summed E-state index contributed by atoms with van der Waals surface area (Å²) in [5.74, 6) is 3.10. The Morgan fingerprint density at radius 3 is 2.07 bits per heavy atom. The topological polar surface area (TPSA) is 30.5 Å². The molecule has 3 heteroatoms. The molecule has 1 N–H and O–H groups in total. The van der Waals surface area contributed by atoms with Crippen LogP contribution in [0.25, 0.3) is 0 Å². The third-order valence-corrected chi connectivity index (χ3v) is 4.72. The number of nitrogens with one attached hydrogen (secondary N) is 1. The van der Waals surface area contributed by atoms with Crippen molar-refractivity contribution in [2.45, 2.75) is 60.5 Å². The number of aryl methyl sites for hydroxylation is 1. The lowest BCUT2D eigenvalue weighted by Crippen LogP contribution is -2.14. The fourth-order valence-electron chi connectivity index (χ4n) is 2.77. The summed E-state index contributed by atoms with van der Waals surface area (Å²) in [7, 11) is 0. The number of benzene rings is 2. The van der Waals surface area contributed by atoms with Gasteiger partial charge in [0, 0.05) is 24.7 Å². The minimum Gasteiger partial charge on any atom is -0.493 e. The summed E-state index contributed by atoms with van der Waals surface area (Å²) in [5, 5.41) is 3.53. The van der Waals surface area contributed by atoms with E-state index in [0.717, 1.165) is 50.6 Å². The van der Waals surface area contributed by atoms with E-state index in [-0.39, 0.29) is 0 Å². The largest absolute Gasteiger partial charge is 0.493 e. The Morgan fingerprint density at radius 2 is 1.43 bits per heavy atom.